The van der Waals surface area contributed by atoms with Gasteiger partial charge in [0, 0.05) is 18.7 Å². The van der Waals surface area contributed by atoms with Crippen LogP contribution in [0, 0.1) is 5.92 Å². The number of ether oxygens (including phenoxy) is 1. The first-order valence-electron chi connectivity index (χ1n) is 6.73. The zero-order valence-corrected chi connectivity index (χ0v) is 11.1. The molecule has 17 heavy (non-hydrogen) atoms. The molecule has 0 radical (unpaired) electrons. The Balaban J connectivity index is 2.35. The summed E-state index contributed by atoms with van der Waals surface area (Å²) < 4.78 is 5.17. The predicted octanol–water partition coefficient (Wildman–Crippen LogP) is 0.915. The van der Waals surface area contributed by atoms with Crippen LogP contribution in [0.3, 0.4) is 0 Å². The second kappa shape index (κ2) is 7.31. The molecule has 1 saturated carbocycles. The molecule has 0 aromatic rings. The summed E-state index contributed by atoms with van der Waals surface area (Å²) in [6, 6.07) is 0. The average Bonchev–Trinajstić information content (AvgIpc) is 2.34. The van der Waals surface area contributed by atoms with Gasteiger partial charge in [-0.3, -0.25) is 0 Å². The topological polar surface area (TPSA) is 61.7 Å². The van der Waals surface area contributed by atoms with Gasteiger partial charge in [0.25, 0.3) is 0 Å². The normalized spacial score (nSPS) is 31.4. The molecule has 0 spiro atoms. The highest BCUT2D eigenvalue weighted by Crippen LogP contribution is 2.31. The molecule has 0 aromatic carbocycles. The summed E-state index contributed by atoms with van der Waals surface area (Å²) in [4.78, 5) is 0. The van der Waals surface area contributed by atoms with Crippen LogP contribution in [0.1, 0.15) is 39.5 Å². The van der Waals surface area contributed by atoms with Crippen LogP contribution in [0.4, 0.5) is 0 Å². The molecule has 4 nitrogen and oxygen atoms in total. The van der Waals surface area contributed by atoms with Crippen molar-refractivity contribution < 1.29 is 14.9 Å². The predicted molar refractivity (Wildman–Crippen MR) is 68.0 cm³/mol. The molecule has 0 aliphatic heterocycles. The number of rotatable bonds is 7. The van der Waals surface area contributed by atoms with Gasteiger partial charge in [0.1, 0.15) is 0 Å². The molecule has 0 saturated heterocycles. The maximum atomic E-state index is 9.72. The lowest BCUT2D eigenvalue weighted by atomic mass is 9.77. The molecule has 0 heterocycles. The second-order valence-electron chi connectivity index (χ2n) is 5.33. The van der Waals surface area contributed by atoms with Crippen LogP contribution in [-0.2, 0) is 4.74 Å². The maximum absolute atomic E-state index is 9.72. The molecule has 0 amide bonds. The summed E-state index contributed by atoms with van der Waals surface area (Å²) >= 11 is 0. The molecule has 0 bridgehead atoms. The Morgan fingerprint density at radius 1 is 1.53 bits per heavy atom. The van der Waals surface area contributed by atoms with Crippen LogP contribution < -0.4 is 5.32 Å². The molecule has 0 aromatic heterocycles. The van der Waals surface area contributed by atoms with Gasteiger partial charge >= 0.3 is 0 Å². The quantitative estimate of drug-likeness (QED) is 0.624. The minimum atomic E-state index is -0.490. The minimum Gasteiger partial charge on any atom is -0.394 e. The monoisotopic (exact) mass is 245 g/mol. The third-order valence-electron chi connectivity index (χ3n) is 3.62. The van der Waals surface area contributed by atoms with Gasteiger partial charge in [0.2, 0.25) is 0 Å². The van der Waals surface area contributed by atoms with Crippen molar-refractivity contribution in [1.29, 1.82) is 0 Å². The van der Waals surface area contributed by atoms with Crippen molar-refractivity contribution in [1.82, 2.24) is 5.32 Å². The van der Waals surface area contributed by atoms with Crippen LogP contribution in [-0.4, -0.2) is 48.2 Å². The zero-order chi connectivity index (χ0) is 12.7. The van der Waals surface area contributed by atoms with Crippen LogP contribution in [0.5, 0.6) is 0 Å². The Morgan fingerprint density at radius 3 is 2.88 bits per heavy atom. The molecule has 1 aliphatic rings. The molecule has 4 heteroatoms. The van der Waals surface area contributed by atoms with Gasteiger partial charge in [-0.25, -0.2) is 0 Å². The van der Waals surface area contributed by atoms with Crippen LogP contribution in [0.15, 0.2) is 0 Å². The third-order valence-corrected chi connectivity index (χ3v) is 3.62. The zero-order valence-electron chi connectivity index (χ0n) is 11.1. The van der Waals surface area contributed by atoms with E-state index >= 15 is 0 Å². The Bertz CT molecular complexity index is 213. The van der Waals surface area contributed by atoms with Gasteiger partial charge in [-0.2, -0.15) is 0 Å². The average molecular weight is 245 g/mol. The van der Waals surface area contributed by atoms with Crippen molar-refractivity contribution in [2.75, 3.05) is 26.4 Å². The summed E-state index contributed by atoms with van der Waals surface area (Å²) in [7, 11) is 0. The lowest BCUT2D eigenvalue weighted by Gasteiger charge is -2.40. The third kappa shape index (κ3) is 4.92. The first-order valence-corrected chi connectivity index (χ1v) is 6.73. The smallest absolute Gasteiger partial charge is 0.0897 e. The molecular formula is C13H27NO3. The summed E-state index contributed by atoms with van der Waals surface area (Å²) in [5, 5.41) is 22.6. The number of nitrogens with one attached hydrogen (secondary N) is 1. The summed E-state index contributed by atoms with van der Waals surface area (Å²) in [5.41, 5.74) is -0.190. The Morgan fingerprint density at radius 2 is 2.29 bits per heavy atom. The van der Waals surface area contributed by atoms with Gasteiger partial charge in [0.05, 0.1) is 19.3 Å². The van der Waals surface area contributed by atoms with Gasteiger partial charge in [-0.05, 0) is 25.7 Å². The molecule has 3 unspecified atom stereocenters. The highest BCUT2D eigenvalue weighted by molar-refractivity contribution is 4.92. The molecule has 1 rings (SSSR count). The van der Waals surface area contributed by atoms with E-state index in [2.05, 4.69) is 12.2 Å². The molecule has 1 aliphatic carbocycles. The number of hydrogen-bond acceptors (Lipinski definition) is 4. The highest BCUT2D eigenvalue weighted by Gasteiger charge is 2.34. The van der Waals surface area contributed by atoms with Gasteiger partial charge in [-0.1, -0.05) is 19.8 Å². The largest absolute Gasteiger partial charge is 0.394 e. The lowest BCUT2D eigenvalue weighted by molar-refractivity contribution is 0.0269. The van der Waals surface area contributed by atoms with Crippen molar-refractivity contribution >= 4 is 0 Å². The van der Waals surface area contributed by atoms with Crippen LogP contribution in [0.2, 0.25) is 0 Å². The van der Waals surface area contributed by atoms with Crippen molar-refractivity contribution in [2.45, 2.75) is 51.2 Å². The first-order chi connectivity index (χ1) is 8.12. The highest BCUT2D eigenvalue weighted by atomic mass is 16.5. The fraction of sp³-hybridized carbons (Fsp3) is 1.00. The fourth-order valence-corrected chi connectivity index (χ4v) is 2.67. The maximum Gasteiger partial charge on any atom is 0.0897 e. The van der Waals surface area contributed by atoms with Crippen LogP contribution >= 0.6 is 0 Å². The summed E-state index contributed by atoms with van der Waals surface area (Å²) in [5.74, 6) is 0.646. The van der Waals surface area contributed by atoms with Gasteiger partial charge in [-0.15, -0.1) is 0 Å². The molecule has 1 fully saturated rings. The molecule has 3 atom stereocenters. The lowest BCUT2D eigenvalue weighted by Crippen LogP contribution is -2.54. The number of β-amino-alcohol motifs (C(OH)–C–C–N with tert-alkyl or cyclic N) is 1. The van der Waals surface area contributed by atoms with Gasteiger partial charge < -0.3 is 20.3 Å². The van der Waals surface area contributed by atoms with E-state index in [0.29, 0.717) is 25.7 Å². The van der Waals surface area contributed by atoms with Crippen molar-refractivity contribution in [2.24, 2.45) is 5.92 Å². The van der Waals surface area contributed by atoms with Crippen molar-refractivity contribution in [3.63, 3.8) is 0 Å². The Hall–Kier alpha value is -0.160. The summed E-state index contributed by atoms with van der Waals surface area (Å²) in [6.07, 6.45) is 3.89. The summed E-state index contributed by atoms with van der Waals surface area (Å²) in [6.45, 7) is 5.77. The Labute approximate surface area is 104 Å². The standard InChI is InChI=1S/C13H27NO3/c1-3-17-9-12(16)8-14-13(10-15)6-4-5-11(2)7-13/h11-12,14-16H,3-10H2,1-2H3. The van der Waals surface area contributed by atoms with E-state index < -0.39 is 6.10 Å². The molecule has 3 N–H and O–H groups in total. The minimum absolute atomic E-state index is 0.151. The number of hydrogen-bond donors (Lipinski definition) is 3. The van der Waals surface area contributed by atoms with E-state index in [0.717, 1.165) is 19.3 Å². The first kappa shape index (κ1) is 14.9. The van der Waals surface area contributed by atoms with E-state index in [1.165, 1.54) is 6.42 Å². The van der Waals surface area contributed by atoms with E-state index in [4.69, 9.17) is 4.74 Å². The molecular weight excluding hydrogens is 218 g/mol. The van der Waals surface area contributed by atoms with Crippen molar-refractivity contribution in [3.05, 3.63) is 0 Å². The number of aliphatic hydroxyl groups is 2. The van der Waals surface area contributed by atoms with Crippen LogP contribution in [0.25, 0.3) is 0 Å². The van der Waals surface area contributed by atoms with Crippen molar-refractivity contribution in [3.8, 4) is 0 Å². The Kier molecular flexibility index (Phi) is 6.41. The van der Waals surface area contributed by atoms with E-state index in [-0.39, 0.29) is 12.1 Å². The van der Waals surface area contributed by atoms with E-state index in [1.807, 2.05) is 6.92 Å². The fourth-order valence-electron chi connectivity index (χ4n) is 2.67. The molecule has 102 valence electrons. The number of aliphatic hydroxyl groups excluding tert-OH is 2. The second-order valence-corrected chi connectivity index (χ2v) is 5.33. The SMILES string of the molecule is CCOCC(O)CNC1(CO)CCCC(C)C1. The van der Waals surface area contributed by atoms with E-state index in [1.54, 1.807) is 0 Å². The van der Waals surface area contributed by atoms with Gasteiger partial charge in [0.15, 0.2) is 0 Å². The van der Waals surface area contributed by atoms with E-state index in [9.17, 15) is 10.2 Å².